The number of carboxylic acid groups (broad SMARTS) is 1. The Balaban J connectivity index is 1.30. The molecule has 1 aliphatic carbocycles. The van der Waals surface area contributed by atoms with Crippen molar-refractivity contribution < 1.29 is 95.6 Å². The van der Waals surface area contributed by atoms with Crippen LogP contribution in [0.1, 0.15) is 93.7 Å². The number of guanidine groups is 1. The van der Waals surface area contributed by atoms with Crippen molar-refractivity contribution in [2.75, 3.05) is 37.7 Å². The minimum Gasteiger partial charge on any atom is -0.508 e. The Kier molecular flexibility index (Phi) is 31.0. The van der Waals surface area contributed by atoms with Crippen LogP contribution in [0.5, 0.6) is 11.5 Å². The van der Waals surface area contributed by atoms with Gasteiger partial charge in [-0.3, -0.25) is 72.5 Å². The highest BCUT2D eigenvalue weighted by atomic mass is 33.1. The predicted molar refractivity (Wildman–Crippen MR) is 385 cm³/mol. The molecule has 586 valence electrons. The molecule has 2 aliphatic heterocycles. The Hall–Kier alpha value is -10.9. The first-order valence-corrected chi connectivity index (χ1v) is 37.0. The van der Waals surface area contributed by atoms with Crippen LogP contribution in [0.15, 0.2) is 79.0 Å². The number of H-pyrrole nitrogens is 1. The summed E-state index contributed by atoms with van der Waals surface area (Å²) in [6.45, 7) is -0.519. The number of carboxylic acids is 1. The number of para-hydroxylation sites is 1. The summed E-state index contributed by atoms with van der Waals surface area (Å²) in [4.78, 5) is 201. The molecule has 2 saturated heterocycles. The number of nitrogens with one attached hydrogen (secondary N) is 13. The number of carbonyl (C=O) groups is 14. The summed E-state index contributed by atoms with van der Waals surface area (Å²) in [7, 11) is 1.32. The van der Waals surface area contributed by atoms with Gasteiger partial charge in [-0.15, -0.1) is 0 Å². The molecule has 3 fully saturated rings. The first-order valence-electron chi connectivity index (χ1n) is 34.5. The molecule has 1 aromatic heterocycles. The summed E-state index contributed by atoms with van der Waals surface area (Å²) in [5, 5.41) is 65.2. The van der Waals surface area contributed by atoms with Crippen LogP contribution in [0.4, 0.5) is 13.2 Å². The van der Waals surface area contributed by atoms with E-state index in [1.807, 2.05) is 0 Å². The van der Waals surface area contributed by atoms with Gasteiger partial charge < -0.3 is 107 Å². The fraction of sp³-hybridized carbons (Fsp3) is 0.485. The zero-order valence-electron chi connectivity index (χ0n) is 58.4. The predicted octanol–water partition coefficient (Wildman–Crippen LogP) is -2.57. The van der Waals surface area contributed by atoms with E-state index >= 15 is 22.8 Å². The van der Waals surface area contributed by atoms with Crippen LogP contribution >= 0.6 is 21.6 Å². The molecule has 0 spiro atoms. The van der Waals surface area contributed by atoms with Gasteiger partial charge in [0, 0.05) is 99.7 Å². The standard InChI is InChI=1S/C68H89F3N18O17S2/c69-68(70,71)67(23-24-67)55-65(106)85-46(30-36-11-15-39(91)16-12-36)60(101)81-42(7-3-26-78-66(75)76)57(98)77-27-22-52(93)80-43(17-19-51(73)92)58(99)83-47(31-37-32-79-41-6-2-1-5-40(37)41)62(103)82-44(18-20-54(95)96)59(100)86-48(56(74)97)33-107-108-34-49(63(104)88-55)87-61(102)45(29-35-9-13-38(90)14-10-35)84-64(105)50-8-4-28-89(50)53(94)21-25-72/h1-2,5-6,9-16,32,42-50,55,79,90-91H,3-4,7-8,17-31,33-34,72H2,(H2,73,92)(H2,74,97)(H,77,98)(H,80,93)(H,81,101)(H,82,103)(H,83,99)(H,84,105)(H,85,106)(H,86,100)(H,87,102)(H,88,104)(H,95,96)(H4,75,76,78)/t42-,43-,44-,45-,46-,47-,48+,49-,50-,55+/m0/s1. The fourth-order valence-corrected chi connectivity index (χ4v) is 14.5. The van der Waals surface area contributed by atoms with Gasteiger partial charge in [0.25, 0.3) is 0 Å². The summed E-state index contributed by atoms with van der Waals surface area (Å²) < 4.78 is 47.1. The molecule has 0 bridgehead atoms. The van der Waals surface area contributed by atoms with E-state index in [9.17, 15) is 72.9 Å². The molecule has 7 rings (SSSR count). The second-order valence-corrected chi connectivity index (χ2v) is 28.7. The number of rotatable bonds is 24. The van der Waals surface area contributed by atoms with E-state index in [4.69, 9.17) is 28.3 Å². The van der Waals surface area contributed by atoms with E-state index in [0.29, 0.717) is 50.0 Å². The molecule has 10 atom stereocenters. The summed E-state index contributed by atoms with van der Waals surface area (Å²) in [6.07, 6.45) is -9.59. The van der Waals surface area contributed by atoms with Crippen molar-refractivity contribution in [2.24, 2.45) is 28.3 Å². The zero-order chi connectivity index (χ0) is 79.0. The number of carbonyl (C=O) groups excluding carboxylic acids is 13. The van der Waals surface area contributed by atoms with Gasteiger partial charge in [-0.05, 0) is 98.4 Å². The molecule has 1 saturated carbocycles. The summed E-state index contributed by atoms with van der Waals surface area (Å²) in [5.41, 5.74) is 20.9. The maximum Gasteiger partial charge on any atom is 0.396 e. The molecule has 3 aromatic carbocycles. The van der Waals surface area contributed by atoms with E-state index in [2.05, 4.69) is 63.5 Å². The number of nitrogens with zero attached hydrogens (tertiary/aromatic N) is 1. The van der Waals surface area contributed by atoms with Crippen molar-refractivity contribution in [1.29, 1.82) is 5.41 Å². The second kappa shape index (κ2) is 39.6. The molecule has 0 radical (unpaired) electrons. The molecule has 35 nitrogen and oxygen atoms in total. The Labute approximate surface area is 624 Å². The van der Waals surface area contributed by atoms with Crippen molar-refractivity contribution in [3.8, 4) is 11.5 Å². The number of primary amides is 2. The molecule has 13 amide bonds. The zero-order valence-corrected chi connectivity index (χ0v) is 60.0. The van der Waals surface area contributed by atoms with Crippen LogP contribution in [0.3, 0.4) is 0 Å². The van der Waals surface area contributed by atoms with Gasteiger partial charge in [0.2, 0.25) is 76.8 Å². The molecule has 4 aromatic rings. The van der Waals surface area contributed by atoms with E-state index in [0.717, 1.165) is 0 Å². The van der Waals surface area contributed by atoms with Crippen molar-refractivity contribution in [3.63, 3.8) is 0 Å². The lowest BCUT2D eigenvalue weighted by molar-refractivity contribution is -0.198. The minimum absolute atomic E-state index is 0.0265. The Morgan fingerprint density at radius 1 is 0.676 bits per heavy atom. The van der Waals surface area contributed by atoms with Crippen LogP contribution in [-0.2, 0) is 86.4 Å². The van der Waals surface area contributed by atoms with Gasteiger partial charge in [0.15, 0.2) is 5.96 Å². The highest BCUT2D eigenvalue weighted by Crippen LogP contribution is 2.60. The van der Waals surface area contributed by atoms with Crippen molar-refractivity contribution >= 4 is 121 Å². The van der Waals surface area contributed by atoms with Crippen molar-refractivity contribution in [2.45, 2.75) is 163 Å². The average molecular weight is 1550 g/mol. The number of phenolic OH excluding ortho intramolecular Hbond substituents is 2. The SMILES string of the molecule is N=C(N)NCCC[C@@H]1NC(=O)[C@H](Cc2ccc(O)cc2)NC(=O)[C@H](C2(C(F)(F)F)CC2)NC(=O)[C@@H](NC(=O)[C@H](Cc2ccc(O)cc2)NC(=O)[C@@H]2CCCN2C(=O)CCN)CSSC[C@H](C(N)=O)NC(=O)[C@H](CCC(=O)O)NC(=O)[C@H](Cc2c[nH]c3ccccc23)NC(=O)[C@H](CCC(N)=O)NC(=O)CCNC1=O. The maximum atomic E-state index is 15.7. The number of aliphatic carboxylic acids is 1. The fourth-order valence-electron chi connectivity index (χ4n) is 12.1. The number of likely N-dealkylation sites (tertiary alicyclic amines) is 1. The number of aromatic nitrogens is 1. The minimum atomic E-state index is -5.29. The van der Waals surface area contributed by atoms with Crippen LogP contribution in [-0.4, -0.2) is 218 Å². The van der Waals surface area contributed by atoms with Crippen LogP contribution in [0.2, 0.25) is 0 Å². The molecule has 3 heterocycles. The van der Waals surface area contributed by atoms with Crippen molar-refractivity contribution in [1.82, 2.24) is 68.4 Å². The number of halogens is 3. The van der Waals surface area contributed by atoms with Gasteiger partial charge in [-0.2, -0.15) is 13.2 Å². The second-order valence-electron chi connectivity index (χ2n) is 26.2. The summed E-state index contributed by atoms with van der Waals surface area (Å²) >= 11 is 0. The number of nitrogens with two attached hydrogens (primary N) is 4. The highest BCUT2D eigenvalue weighted by molar-refractivity contribution is 8.76. The van der Waals surface area contributed by atoms with Crippen LogP contribution < -0.4 is 81.4 Å². The number of aromatic amines is 1. The maximum absolute atomic E-state index is 15.7. The van der Waals surface area contributed by atoms with Crippen LogP contribution in [0.25, 0.3) is 10.9 Å². The molecular formula is C68H89F3N18O17S2. The number of hydrogen-bond donors (Lipinski definition) is 20. The Morgan fingerprint density at radius 2 is 1.26 bits per heavy atom. The highest BCUT2D eigenvalue weighted by Gasteiger charge is 2.70. The van der Waals surface area contributed by atoms with Gasteiger partial charge in [-0.25, -0.2) is 0 Å². The topological polar surface area (TPSA) is 579 Å². The number of fused-ring (bicyclic) bond motifs is 1. The number of aromatic hydroxyl groups is 2. The van der Waals surface area contributed by atoms with Crippen molar-refractivity contribution in [3.05, 3.63) is 95.7 Å². The normalized spacial score (nSPS) is 22.9. The van der Waals surface area contributed by atoms with Gasteiger partial charge in [0.1, 0.15) is 71.9 Å². The molecule has 0 unspecified atom stereocenters. The van der Waals surface area contributed by atoms with Gasteiger partial charge >= 0.3 is 12.1 Å². The quantitative estimate of drug-likeness (QED) is 0.0148. The number of alkyl halides is 3. The van der Waals surface area contributed by atoms with Gasteiger partial charge in [-0.1, -0.05) is 64.1 Å². The molecule has 40 heteroatoms. The van der Waals surface area contributed by atoms with E-state index in [1.54, 1.807) is 24.3 Å². The monoisotopic (exact) mass is 1550 g/mol. The van der Waals surface area contributed by atoms with E-state index in [1.165, 1.54) is 59.6 Å². The van der Waals surface area contributed by atoms with E-state index < -0.39 is 230 Å². The molecular weight excluding hydrogens is 1460 g/mol. The third-order valence-corrected chi connectivity index (χ3v) is 20.6. The lowest BCUT2D eigenvalue weighted by atomic mass is 9.93. The Morgan fingerprint density at radius 3 is 1.88 bits per heavy atom. The smallest absolute Gasteiger partial charge is 0.396 e. The van der Waals surface area contributed by atoms with Crippen LogP contribution in [0, 0.1) is 10.8 Å². The number of phenols is 2. The third kappa shape index (κ3) is 24.8. The number of hydrogen-bond acceptors (Lipinski definition) is 20. The number of benzene rings is 3. The Bertz CT molecular complexity index is 3950. The number of amides is 13. The van der Waals surface area contributed by atoms with Gasteiger partial charge in [0.05, 0.1) is 5.41 Å². The first-order chi connectivity index (χ1) is 51.2. The lowest BCUT2D eigenvalue weighted by Gasteiger charge is -2.32. The first kappa shape index (κ1) is 84.4. The average Bonchev–Trinajstić information content (AvgIpc) is 1.57. The van der Waals surface area contributed by atoms with E-state index in [-0.39, 0.29) is 75.2 Å². The summed E-state index contributed by atoms with van der Waals surface area (Å²) in [5.74, 6) is -17.9. The largest absolute Gasteiger partial charge is 0.508 e. The third-order valence-electron chi connectivity index (χ3n) is 18.2. The molecule has 24 N–H and O–H groups in total. The molecule has 108 heavy (non-hydrogen) atoms. The lowest BCUT2D eigenvalue weighted by Crippen LogP contribution is -2.63. The molecule has 3 aliphatic rings. The summed E-state index contributed by atoms with van der Waals surface area (Å²) in [6, 6.07) is -0.796.